The molecule has 18 heavy (non-hydrogen) atoms. The minimum Gasteiger partial charge on any atom is -0.396 e. The highest BCUT2D eigenvalue weighted by Crippen LogP contribution is 2.07. The molecule has 2 aromatic heterocycles. The Morgan fingerprint density at radius 2 is 2.06 bits per heavy atom. The van der Waals surface area contributed by atoms with Crippen molar-refractivity contribution in [1.29, 1.82) is 0 Å². The number of hydrogen-bond acceptors (Lipinski definition) is 4. The Kier molecular flexibility index (Phi) is 4.52. The molecule has 0 radical (unpaired) electrons. The number of aryl methyl sites for hydroxylation is 1. The fourth-order valence-corrected chi connectivity index (χ4v) is 1.85. The molecule has 0 aliphatic carbocycles. The molecule has 2 N–H and O–H groups in total. The molecule has 2 heterocycles. The van der Waals surface area contributed by atoms with E-state index in [4.69, 9.17) is 5.11 Å². The number of aliphatic hydroxyl groups excluding tert-OH is 1. The van der Waals surface area contributed by atoms with Crippen molar-refractivity contribution >= 4 is 11.6 Å². The first-order valence-corrected chi connectivity index (χ1v) is 6.47. The Balaban J connectivity index is 1.81. The maximum atomic E-state index is 8.67. The number of aliphatic hydroxyl groups is 1. The van der Waals surface area contributed by atoms with Gasteiger partial charge in [-0.15, -0.1) is 5.10 Å². The zero-order valence-corrected chi connectivity index (χ0v) is 10.8. The number of nitrogens with zero attached hydrogens (tertiary/aromatic N) is 3. The highest BCUT2D eigenvalue weighted by Gasteiger charge is 2.02. The molecule has 5 nitrogen and oxygen atoms in total. The molecule has 0 saturated carbocycles. The summed E-state index contributed by atoms with van der Waals surface area (Å²) in [4.78, 5) is 4.39. The van der Waals surface area contributed by atoms with Crippen LogP contribution in [0.1, 0.15) is 31.2 Å². The summed E-state index contributed by atoms with van der Waals surface area (Å²) in [6.07, 6.45) is 6.14. The van der Waals surface area contributed by atoms with Crippen molar-refractivity contribution in [1.82, 2.24) is 14.6 Å². The van der Waals surface area contributed by atoms with Crippen LogP contribution in [0.2, 0.25) is 0 Å². The highest BCUT2D eigenvalue weighted by atomic mass is 16.2. The summed E-state index contributed by atoms with van der Waals surface area (Å²) in [5, 5.41) is 16.3. The topological polar surface area (TPSA) is 62.5 Å². The van der Waals surface area contributed by atoms with Crippen molar-refractivity contribution in [3.8, 4) is 0 Å². The van der Waals surface area contributed by atoms with Crippen molar-refractivity contribution in [3.05, 3.63) is 23.9 Å². The van der Waals surface area contributed by atoms with E-state index in [1.54, 1.807) is 4.52 Å². The Morgan fingerprint density at radius 3 is 2.89 bits per heavy atom. The van der Waals surface area contributed by atoms with Gasteiger partial charge in [0, 0.05) is 19.3 Å². The molecule has 0 saturated heterocycles. The lowest BCUT2D eigenvalue weighted by molar-refractivity contribution is 0.283. The van der Waals surface area contributed by atoms with E-state index in [0.717, 1.165) is 37.9 Å². The molecule has 2 rings (SSSR count). The van der Waals surface area contributed by atoms with Gasteiger partial charge in [-0.25, -0.2) is 4.52 Å². The third-order valence-electron chi connectivity index (χ3n) is 2.85. The van der Waals surface area contributed by atoms with Crippen molar-refractivity contribution in [2.24, 2.45) is 0 Å². The van der Waals surface area contributed by atoms with Gasteiger partial charge in [-0.2, -0.15) is 4.98 Å². The summed E-state index contributed by atoms with van der Waals surface area (Å²) < 4.78 is 1.80. The summed E-state index contributed by atoms with van der Waals surface area (Å²) in [6, 6.07) is 4.00. The zero-order valence-electron chi connectivity index (χ0n) is 10.8. The van der Waals surface area contributed by atoms with Gasteiger partial charge < -0.3 is 10.4 Å². The second kappa shape index (κ2) is 6.35. The minimum absolute atomic E-state index is 0.292. The second-order valence-corrected chi connectivity index (χ2v) is 4.51. The quantitative estimate of drug-likeness (QED) is 0.736. The number of hydrogen-bond donors (Lipinski definition) is 2. The summed E-state index contributed by atoms with van der Waals surface area (Å²) >= 11 is 0. The van der Waals surface area contributed by atoms with Crippen LogP contribution in [0, 0.1) is 6.92 Å². The highest BCUT2D eigenvalue weighted by molar-refractivity contribution is 5.43. The van der Waals surface area contributed by atoms with Gasteiger partial charge in [-0.05, 0) is 31.4 Å². The largest absolute Gasteiger partial charge is 0.396 e. The Hall–Kier alpha value is -1.62. The van der Waals surface area contributed by atoms with Gasteiger partial charge in [-0.3, -0.25) is 0 Å². The second-order valence-electron chi connectivity index (χ2n) is 4.51. The van der Waals surface area contributed by atoms with E-state index < -0.39 is 0 Å². The Morgan fingerprint density at radius 1 is 1.22 bits per heavy atom. The summed E-state index contributed by atoms with van der Waals surface area (Å²) in [6.45, 7) is 3.21. The van der Waals surface area contributed by atoms with Crippen molar-refractivity contribution in [2.75, 3.05) is 18.5 Å². The molecule has 0 aromatic carbocycles. The zero-order chi connectivity index (χ0) is 12.8. The molecule has 0 atom stereocenters. The summed E-state index contributed by atoms with van der Waals surface area (Å²) in [5.74, 6) is 0.683. The number of anilines is 1. The molecule has 98 valence electrons. The summed E-state index contributed by atoms with van der Waals surface area (Å²) in [7, 11) is 0. The number of pyridine rings is 1. The van der Waals surface area contributed by atoms with Gasteiger partial charge in [0.25, 0.3) is 0 Å². The van der Waals surface area contributed by atoms with Crippen LogP contribution in [-0.2, 0) is 0 Å². The van der Waals surface area contributed by atoms with Crippen LogP contribution >= 0.6 is 0 Å². The molecule has 5 heteroatoms. The Bertz CT molecular complexity index is 495. The molecule has 0 aliphatic heterocycles. The Labute approximate surface area is 107 Å². The van der Waals surface area contributed by atoms with Gasteiger partial charge in [0.15, 0.2) is 5.65 Å². The van der Waals surface area contributed by atoms with Crippen LogP contribution < -0.4 is 5.32 Å². The van der Waals surface area contributed by atoms with E-state index in [9.17, 15) is 0 Å². The van der Waals surface area contributed by atoms with Crippen molar-refractivity contribution in [3.63, 3.8) is 0 Å². The van der Waals surface area contributed by atoms with Crippen LogP contribution in [0.3, 0.4) is 0 Å². The normalized spacial score (nSPS) is 11.0. The third-order valence-corrected chi connectivity index (χ3v) is 2.85. The maximum absolute atomic E-state index is 8.67. The number of rotatable bonds is 7. The molecular formula is C13H20N4O. The van der Waals surface area contributed by atoms with Gasteiger partial charge >= 0.3 is 0 Å². The third kappa shape index (κ3) is 3.43. The number of fused-ring (bicyclic) bond motifs is 1. The lowest BCUT2D eigenvalue weighted by Crippen LogP contribution is -2.03. The number of unbranched alkanes of at least 4 members (excludes halogenated alkanes) is 3. The smallest absolute Gasteiger partial charge is 0.243 e. The monoisotopic (exact) mass is 248 g/mol. The fourth-order valence-electron chi connectivity index (χ4n) is 1.85. The molecule has 0 amide bonds. The van der Waals surface area contributed by atoms with Gasteiger partial charge in [-0.1, -0.05) is 18.9 Å². The molecule has 2 aromatic rings. The molecular weight excluding hydrogens is 228 g/mol. The SMILES string of the molecule is Cc1ccc2nc(NCCCCCCO)nn2c1. The van der Waals surface area contributed by atoms with Crippen molar-refractivity contribution < 1.29 is 5.11 Å². The van der Waals surface area contributed by atoms with Crippen LogP contribution in [0.15, 0.2) is 18.3 Å². The molecule has 0 spiro atoms. The predicted octanol–water partition coefficient (Wildman–Crippen LogP) is 2.00. The van der Waals surface area contributed by atoms with Crippen LogP contribution in [0.4, 0.5) is 5.95 Å². The lowest BCUT2D eigenvalue weighted by atomic mass is 10.2. The number of nitrogens with one attached hydrogen (secondary N) is 1. The van der Waals surface area contributed by atoms with Crippen LogP contribution in [0.25, 0.3) is 5.65 Å². The number of aromatic nitrogens is 3. The molecule has 0 bridgehead atoms. The van der Waals surface area contributed by atoms with E-state index >= 15 is 0 Å². The molecule has 0 unspecified atom stereocenters. The average Bonchev–Trinajstić information content (AvgIpc) is 2.75. The lowest BCUT2D eigenvalue weighted by Gasteiger charge is -2.00. The average molecular weight is 248 g/mol. The van der Waals surface area contributed by atoms with E-state index in [-0.39, 0.29) is 0 Å². The van der Waals surface area contributed by atoms with Crippen molar-refractivity contribution in [2.45, 2.75) is 32.6 Å². The van der Waals surface area contributed by atoms with E-state index in [0.29, 0.717) is 12.6 Å². The van der Waals surface area contributed by atoms with Gasteiger partial charge in [0.2, 0.25) is 5.95 Å². The van der Waals surface area contributed by atoms with E-state index in [2.05, 4.69) is 15.4 Å². The van der Waals surface area contributed by atoms with Crippen LogP contribution in [0.5, 0.6) is 0 Å². The first kappa shape index (κ1) is 12.8. The molecule has 0 aliphatic rings. The van der Waals surface area contributed by atoms with Gasteiger partial charge in [0.1, 0.15) is 0 Å². The predicted molar refractivity (Wildman–Crippen MR) is 71.8 cm³/mol. The van der Waals surface area contributed by atoms with Crippen LogP contribution in [-0.4, -0.2) is 32.9 Å². The first-order valence-electron chi connectivity index (χ1n) is 6.47. The standard InChI is InChI=1S/C13H20N4O/c1-11-6-7-12-15-13(16-17(12)10-11)14-8-4-2-3-5-9-18/h6-7,10,18H,2-5,8-9H2,1H3,(H,14,16). The maximum Gasteiger partial charge on any atom is 0.243 e. The molecule has 0 fully saturated rings. The minimum atomic E-state index is 0.292. The van der Waals surface area contributed by atoms with E-state index in [1.165, 1.54) is 5.56 Å². The first-order chi connectivity index (χ1) is 8.79. The summed E-state index contributed by atoms with van der Waals surface area (Å²) in [5.41, 5.74) is 2.03. The van der Waals surface area contributed by atoms with Gasteiger partial charge in [0.05, 0.1) is 0 Å². The van der Waals surface area contributed by atoms with E-state index in [1.807, 2.05) is 25.3 Å². The fraction of sp³-hybridized carbons (Fsp3) is 0.538.